The van der Waals surface area contributed by atoms with Gasteiger partial charge < -0.3 is 4.42 Å². The first-order valence-electron chi connectivity index (χ1n) is 6.13. The number of nitrogens with zero attached hydrogens (tertiary/aromatic N) is 2. The van der Waals surface area contributed by atoms with Crippen molar-refractivity contribution in [1.82, 2.24) is 14.8 Å². The molecule has 1 N–H and O–H groups in total. The highest BCUT2D eigenvalue weighted by Gasteiger charge is 2.22. The van der Waals surface area contributed by atoms with E-state index in [0.29, 0.717) is 4.77 Å². The van der Waals surface area contributed by atoms with Crippen LogP contribution in [0, 0.1) is 4.77 Å². The maximum Gasteiger partial charge on any atom is 0.195 e. The Kier molecular flexibility index (Phi) is 2.60. The predicted molar refractivity (Wildman–Crippen MR) is 77.6 cm³/mol. The van der Waals surface area contributed by atoms with Crippen molar-refractivity contribution < 1.29 is 4.42 Å². The Morgan fingerprint density at radius 2 is 2.00 bits per heavy atom. The first kappa shape index (κ1) is 12.2. The van der Waals surface area contributed by atoms with Crippen LogP contribution in [0.3, 0.4) is 0 Å². The van der Waals surface area contributed by atoms with Gasteiger partial charge in [0.25, 0.3) is 0 Å². The van der Waals surface area contributed by atoms with Crippen LogP contribution in [-0.4, -0.2) is 14.8 Å². The van der Waals surface area contributed by atoms with E-state index >= 15 is 0 Å². The van der Waals surface area contributed by atoms with Gasteiger partial charge in [0.1, 0.15) is 11.8 Å². The van der Waals surface area contributed by atoms with Crippen LogP contribution in [0.2, 0.25) is 0 Å². The molecule has 0 spiro atoms. The molecule has 2 heterocycles. The summed E-state index contributed by atoms with van der Waals surface area (Å²) in [7, 11) is 0. The minimum atomic E-state index is -0.141. The molecule has 3 aromatic rings. The minimum absolute atomic E-state index is 0.141. The average Bonchev–Trinajstić information content (AvgIpc) is 2.91. The highest BCUT2D eigenvalue weighted by atomic mass is 32.1. The summed E-state index contributed by atoms with van der Waals surface area (Å²) in [5, 5.41) is 8.27. The molecule has 19 heavy (non-hydrogen) atoms. The molecule has 1 aromatic carbocycles. The van der Waals surface area contributed by atoms with Crippen LogP contribution >= 0.6 is 12.2 Å². The highest BCUT2D eigenvalue weighted by Crippen LogP contribution is 2.31. The summed E-state index contributed by atoms with van der Waals surface area (Å²) < 4.78 is 8.21. The van der Waals surface area contributed by atoms with E-state index in [-0.39, 0.29) is 5.54 Å². The summed E-state index contributed by atoms with van der Waals surface area (Å²) in [5.41, 5.74) is 1.67. The van der Waals surface area contributed by atoms with Gasteiger partial charge in [0.15, 0.2) is 10.6 Å². The summed E-state index contributed by atoms with van der Waals surface area (Å²) in [6, 6.07) is 7.92. The summed E-state index contributed by atoms with van der Waals surface area (Å²) in [5.74, 6) is 0.808. The zero-order valence-electron chi connectivity index (χ0n) is 11.1. The molecule has 4 nitrogen and oxygen atoms in total. The normalized spacial score (nSPS) is 12.2. The van der Waals surface area contributed by atoms with Crippen molar-refractivity contribution in [2.24, 2.45) is 0 Å². The summed E-state index contributed by atoms with van der Waals surface area (Å²) in [6.45, 7) is 6.30. The molecule has 0 amide bonds. The molecule has 0 aliphatic heterocycles. The number of benzene rings is 1. The third-order valence-electron chi connectivity index (χ3n) is 3.07. The molecule has 0 radical (unpaired) electrons. The molecule has 0 fully saturated rings. The van der Waals surface area contributed by atoms with Crippen molar-refractivity contribution in [2.45, 2.75) is 26.3 Å². The van der Waals surface area contributed by atoms with Crippen molar-refractivity contribution in [1.29, 1.82) is 0 Å². The van der Waals surface area contributed by atoms with E-state index in [4.69, 9.17) is 16.6 Å². The smallest absolute Gasteiger partial charge is 0.195 e. The van der Waals surface area contributed by atoms with Crippen LogP contribution in [0.5, 0.6) is 0 Å². The van der Waals surface area contributed by atoms with E-state index in [9.17, 15) is 0 Å². The number of hydrogen-bond donors (Lipinski definition) is 1. The Hall–Kier alpha value is -1.88. The van der Waals surface area contributed by atoms with E-state index in [1.54, 1.807) is 6.26 Å². The third-order valence-corrected chi connectivity index (χ3v) is 3.34. The predicted octanol–water partition coefficient (Wildman–Crippen LogP) is 4.11. The lowest BCUT2D eigenvalue weighted by molar-refractivity contribution is 0.395. The maximum absolute atomic E-state index is 5.58. The van der Waals surface area contributed by atoms with E-state index in [1.807, 2.05) is 28.8 Å². The number of nitrogens with one attached hydrogen (secondary N) is 1. The zero-order chi connectivity index (χ0) is 13.6. The SMILES string of the molecule is CC(C)(C)n1c(-c2coc3ccccc23)n[nH]c1=S. The van der Waals surface area contributed by atoms with Gasteiger partial charge in [-0.2, -0.15) is 5.10 Å². The van der Waals surface area contributed by atoms with Gasteiger partial charge in [0.2, 0.25) is 0 Å². The molecule has 0 saturated carbocycles. The molecule has 5 heteroatoms. The Morgan fingerprint density at radius 3 is 2.74 bits per heavy atom. The summed E-state index contributed by atoms with van der Waals surface area (Å²) >= 11 is 5.33. The van der Waals surface area contributed by atoms with Crippen molar-refractivity contribution in [3.8, 4) is 11.4 Å². The van der Waals surface area contributed by atoms with Gasteiger partial charge in [-0.15, -0.1) is 0 Å². The quantitative estimate of drug-likeness (QED) is 0.679. The number of aromatic amines is 1. The van der Waals surface area contributed by atoms with Crippen LogP contribution in [0.25, 0.3) is 22.4 Å². The van der Waals surface area contributed by atoms with Crippen LogP contribution < -0.4 is 0 Å². The Morgan fingerprint density at radius 1 is 1.26 bits per heavy atom. The molecule has 2 aromatic heterocycles. The number of H-pyrrole nitrogens is 1. The zero-order valence-corrected chi connectivity index (χ0v) is 11.9. The minimum Gasteiger partial charge on any atom is -0.464 e. The van der Waals surface area contributed by atoms with Gasteiger partial charge in [-0.1, -0.05) is 18.2 Å². The highest BCUT2D eigenvalue weighted by molar-refractivity contribution is 7.71. The standard InChI is InChI=1S/C14H15N3OS/c1-14(2,3)17-12(15-16-13(17)19)10-8-18-11-7-5-4-6-9(10)11/h4-8H,1-3H3,(H,16,19). The lowest BCUT2D eigenvalue weighted by Gasteiger charge is -2.22. The second kappa shape index (κ2) is 4.06. The van der Waals surface area contributed by atoms with Crippen molar-refractivity contribution in [3.63, 3.8) is 0 Å². The number of aromatic nitrogens is 3. The van der Waals surface area contributed by atoms with Gasteiger partial charge in [-0.25, -0.2) is 0 Å². The van der Waals surface area contributed by atoms with Crippen molar-refractivity contribution >= 4 is 23.2 Å². The second-order valence-electron chi connectivity index (χ2n) is 5.50. The number of para-hydroxylation sites is 1. The first-order chi connectivity index (χ1) is 8.98. The molecule has 0 aliphatic rings. The summed E-state index contributed by atoms with van der Waals surface area (Å²) in [4.78, 5) is 0. The number of fused-ring (bicyclic) bond motifs is 1. The van der Waals surface area contributed by atoms with Crippen LogP contribution in [0.1, 0.15) is 20.8 Å². The fourth-order valence-corrected chi connectivity index (χ4v) is 2.66. The molecule has 98 valence electrons. The topological polar surface area (TPSA) is 46.8 Å². The van der Waals surface area contributed by atoms with Crippen LogP contribution in [-0.2, 0) is 5.54 Å². The fraction of sp³-hybridized carbons (Fsp3) is 0.286. The average molecular weight is 273 g/mol. The summed E-state index contributed by atoms with van der Waals surface area (Å²) in [6.07, 6.45) is 1.73. The van der Waals surface area contributed by atoms with E-state index < -0.39 is 0 Å². The largest absolute Gasteiger partial charge is 0.464 e. The molecule has 0 aliphatic carbocycles. The number of hydrogen-bond acceptors (Lipinski definition) is 3. The van der Waals surface area contributed by atoms with Gasteiger partial charge in [-0.3, -0.25) is 9.67 Å². The van der Waals surface area contributed by atoms with E-state index in [0.717, 1.165) is 22.4 Å². The molecular formula is C14H15N3OS. The fourth-order valence-electron chi connectivity index (χ4n) is 2.25. The molecule has 0 bridgehead atoms. The van der Waals surface area contributed by atoms with Gasteiger partial charge in [0, 0.05) is 10.9 Å². The second-order valence-corrected chi connectivity index (χ2v) is 5.89. The third kappa shape index (κ3) is 1.90. The van der Waals surface area contributed by atoms with E-state index in [1.165, 1.54) is 0 Å². The number of rotatable bonds is 1. The molecule has 0 saturated heterocycles. The lowest BCUT2D eigenvalue weighted by atomic mass is 10.1. The van der Waals surface area contributed by atoms with Crippen LogP contribution in [0.15, 0.2) is 34.9 Å². The van der Waals surface area contributed by atoms with Crippen molar-refractivity contribution in [2.75, 3.05) is 0 Å². The molecule has 0 atom stereocenters. The Balaban J connectivity index is 2.32. The van der Waals surface area contributed by atoms with Gasteiger partial charge in [-0.05, 0) is 39.1 Å². The van der Waals surface area contributed by atoms with Gasteiger partial charge >= 0.3 is 0 Å². The molecule has 3 rings (SSSR count). The first-order valence-corrected chi connectivity index (χ1v) is 6.54. The van der Waals surface area contributed by atoms with Gasteiger partial charge in [0.05, 0.1) is 5.56 Å². The maximum atomic E-state index is 5.58. The van der Waals surface area contributed by atoms with E-state index in [2.05, 4.69) is 31.0 Å². The lowest BCUT2D eigenvalue weighted by Crippen LogP contribution is -2.22. The monoisotopic (exact) mass is 273 g/mol. The number of furan rings is 1. The Bertz CT molecular complexity index is 789. The van der Waals surface area contributed by atoms with Crippen LogP contribution in [0.4, 0.5) is 0 Å². The molecule has 0 unspecified atom stereocenters. The molecular weight excluding hydrogens is 258 g/mol. The Labute approximate surface area is 116 Å². The van der Waals surface area contributed by atoms with Crippen molar-refractivity contribution in [3.05, 3.63) is 35.3 Å².